The Labute approximate surface area is 109 Å². The number of carbonyl (C=O) groups is 1. The van der Waals surface area contributed by atoms with Gasteiger partial charge in [0, 0.05) is 19.8 Å². The van der Waals surface area contributed by atoms with Crippen LogP contribution >= 0.6 is 0 Å². The summed E-state index contributed by atoms with van der Waals surface area (Å²) in [4.78, 5) is 11.8. The molecule has 0 radical (unpaired) electrons. The molecule has 2 aliphatic rings. The van der Waals surface area contributed by atoms with E-state index in [1.54, 1.807) is 6.92 Å². The molecule has 104 valence electrons. The average molecular weight is 256 g/mol. The Bertz CT molecular complexity index is 309. The number of hydrogen-bond donors (Lipinski definition) is 0. The van der Waals surface area contributed by atoms with Crippen molar-refractivity contribution in [2.45, 2.75) is 70.9 Å². The predicted molar refractivity (Wildman–Crippen MR) is 66.8 cm³/mol. The standard InChI is InChI=1S/C14H24O4/c1-4-11(2)12(15)17-13(3)10-16-14(18-13)8-6-5-7-9-14/h11H,4-10H2,1-3H3. The Kier molecular flexibility index (Phi) is 3.97. The van der Waals surface area contributed by atoms with Crippen LogP contribution in [0.4, 0.5) is 0 Å². The van der Waals surface area contributed by atoms with E-state index in [4.69, 9.17) is 14.2 Å². The van der Waals surface area contributed by atoms with Crippen molar-refractivity contribution in [2.24, 2.45) is 5.92 Å². The average Bonchev–Trinajstić information content (AvgIpc) is 2.66. The van der Waals surface area contributed by atoms with Gasteiger partial charge in [-0.1, -0.05) is 20.3 Å². The summed E-state index contributed by atoms with van der Waals surface area (Å²) in [5.41, 5.74) is 0. The highest BCUT2D eigenvalue weighted by molar-refractivity contribution is 5.72. The van der Waals surface area contributed by atoms with Gasteiger partial charge in [-0.15, -0.1) is 0 Å². The van der Waals surface area contributed by atoms with Gasteiger partial charge in [-0.05, 0) is 19.3 Å². The van der Waals surface area contributed by atoms with Crippen molar-refractivity contribution in [3.05, 3.63) is 0 Å². The summed E-state index contributed by atoms with van der Waals surface area (Å²) in [5, 5.41) is 0. The quantitative estimate of drug-likeness (QED) is 0.728. The van der Waals surface area contributed by atoms with Crippen molar-refractivity contribution in [1.82, 2.24) is 0 Å². The first-order valence-electron chi connectivity index (χ1n) is 7.06. The van der Waals surface area contributed by atoms with Gasteiger partial charge in [-0.25, -0.2) is 0 Å². The van der Waals surface area contributed by atoms with Crippen molar-refractivity contribution in [3.63, 3.8) is 0 Å². The van der Waals surface area contributed by atoms with Crippen LogP contribution in [0.25, 0.3) is 0 Å². The molecule has 2 unspecified atom stereocenters. The molecule has 0 amide bonds. The van der Waals surface area contributed by atoms with Gasteiger partial charge in [0.25, 0.3) is 0 Å². The molecule has 4 nitrogen and oxygen atoms in total. The Morgan fingerprint density at radius 2 is 2.00 bits per heavy atom. The summed E-state index contributed by atoms with van der Waals surface area (Å²) < 4.78 is 17.3. The van der Waals surface area contributed by atoms with Gasteiger partial charge >= 0.3 is 5.97 Å². The van der Waals surface area contributed by atoms with Crippen LogP contribution in [-0.4, -0.2) is 24.2 Å². The zero-order valence-electron chi connectivity index (χ0n) is 11.7. The van der Waals surface area contributed by atoms with E-state index >= 15 is 0 Å². The molecule has 0 aromatic carbocycles. The summed E-state index contributed by atoms with van der Waals surface area (Å²) in [6, 6.07) is 0. The molecule has 1 spiro atoms. The number of carbonyl (C=O) groups excluding carboxylic acids is 1. The minimum atomic E-state index is -0.905. The third-order valence-electron chi connectivity index (χ3n) is 3.95. The zero-order chi connectivity index (χ0) is 13.2. The Balaban J connectivity index is 1.95. The van der Waals surface area contributed by atoms with E-state index < -0.39 is 11.6 Å². The molecule has 2 fully saturated rings. The summed E-state index contributed by atoms with van der Waals surface area (Å²) in [6.07, 6.45) is 6.07. The molecule has 2 atom stereocenters. The lowest BCUT2D eigenvalue weighted by atomic mass is 9.94. The maximum atomic E-state index is 11.8. The maximum absolute atomic E-state index is 11.8. The molecule has 0 N–H and O–H groups in total. The molecule has 1 aliphatic carbocycles. The highest BCUT2D eigenvalue weighted by atomic mass is 16.8. The van der Waals surface area contributed by atoms with Gasteiger partial charge in [0.05, 0.1) is 5.92 Å². The molecule has 4 heteroatoms. The Hall–Kier alpha value is -0.610. The monoisotopic (exact) mass is 256 g/mol. The van der Waals surface area contributed by atoms with E-state index in [2.05, 4.69) is 0 Å². The molecule has 0 aromatic heterocycles. The summed E-state index contributed by atoms with van der Waals surface area (Å²) in [5.74, 6) is -1.69. The minimum absolute atomic E-state index is 0.0895. The first-order chi connectivity index (χ1) is 8.49. The topological polar surface area (TPSA) is 44.8 Å². The fourth-order valence-electron chi connectivity index (χ4n) is 2.58. The third-order valence-corrected chi connectivity index (χ3v) is 3.95. The maximum Gasteiger partial charge on any atom is 0.311 e. The van der Waals surface area contributed by atoms with Gasteiger partial charge in [-0.2, -0.15) is 0 Å². The van der Waals surface area contributed by atoms with E-state index in [9.17, 15) is 4.79 Å². The lowest BCUT2D eigenvalue weighted by molar-refractivity contribution is -0.260. The van der Waals surface area contributed by atoms with Crippen LogP contribution in [0.2, 0.25) is 0 Å². The summed E-state index contributed by atoms with van der Waals surface area (Å²) in [7, 11) is 0. The van der Waals surface area contributed by atoms with Crippen LogP contribution in [0.3, 0.4) is 0 Å². The molecule has 1 aliphatic heterocycles. The normalized spacial score (nSPS) is 32.4. The van der Waals surface area contributed by atoms with Crippen LogP contribution in [0, 0.1) is 5.92 Å². The largest absolute Gasteiger partial charge is 0.430 e. The van der Waals surface area contributed by atoms with Gasteiger partial charge in [0.1, 0.15) is 6.61 Å². The fraction of sp³-hybridized carbons (Fsp3) is 0.929. The van der Waals surface area contributed by atoms with Crippen LogP contribution in [-0.2, 0) is 19.0 Å². The van der Waals surface area contributed by atoms with E-state index in [1.165, 1.54) is 6.42 Å². The van der Waals surface area contributed by atoms with Crippen LogP contribution in [0.5, 0.6) is 0 Å². The predicted octanol–water partition coefficient (Wildman–Crippen LogP) is 3.00. The Morgan fingerprint density at radius 1 is 1.33 bits per heavy atom. The first-order valence-corrected chi connectivity index (χ1v) is 7.06. The number of hydrogen-bond acceptors (Lipinski definition) is 4. The van der Waals surface area contributed by atoms with Gasteiger partial charge in [0.2, 0.25) is 5.79 Å². The lowest BCUT2D eigenvalue weighted by Gasteiger charge is -2.33. The van der Waals surface area contributed by atoms with Crippen molar-refractivity contribution < 1.29 is 19.0 Å². The highest BCUT2D eigenvalue weighted by Crippen LogP contribution is 2.42. The van der Waals surface area contributed by atoms with Gasteiger partial charge in [0.15, 0.2) is 5.79 Å². The van der Waals surface area contributed by atoms with Gasteiger partial charge in [-0.3, -0.25) is 4.79 Å². The van der Waals surface area contributed by atoms with Crippen molar-refractivity contribution in [2.75, 3.05) is 6.61 Å². The van der Waals surface area contributed by atoms with E-state index in [0.29, 0.717) is 6.61 Å². The smallest absolute Gasteiger partial charge is 0.311 e. The molecule has 18 heavy (non-hydrogen) atoms. The number of esters is 1. The van der Waals surface area contributed by atoms with E-state index in [0.717, 1.165) is 32.1 Å². The van der Waals surface area contributed by atoms with E-state index in [-0.39, 0.29) is 11.9 Å². The molecule has 0 aromatic rings. The molecule has 2 rings (SSSR count). The zero-order valence-corrected chi connectivity index (χ0v) is 11.7. The second-order valence-corrected chi connectivity index (χ2v) is 5.73. The fourth-order valence-corrected chi connectivity index (χ4v) is 2.58. The molecule has 1 heterocycles. The highest BCUT2D eigenvalue weighted by Gasteiger charge is 2.50. The van der Waals surface area contributed by atoms with Crippen LogP contribution < -0.4 is 0 Å². The van der Waals surface area contributed by atoms with Crippen molar-refractivity contribution in [1.29, 1.82) is 0 Å². The minimum Gasteiger partial charge on any atom is -0.430 e. The Morgan fingerprint density at radius 3 is 2.61 bits per heavy atom. The SMILES string of the molecule is CCC(C)C(=O)OC1(C)COC2(CCCCC2)O1. The van der Waals surface area contributed by atoms with Crippen LogP contribution in [0.15, 0.2) is 0 Å². The molecule has 1 saturated heterocycles. The van der Waals surface area contributed by atoms with Crippen molar-refractivity contribution in [3.8, 4) is 0 Å². The van der Waals surface area contributed by atoms with Gasteiger partial charge < -0.3 is 14.2 Å². The molecular weight excluding hydrogens is 232 g/mol. The third kappa shape index (κ3) is 2.86. The molecule has 1 saturated carbocycles. The second kappa shape index (κ2) is 5.17. The summed E-state index contributed by atoms with van der Waals surface area (Å²) >= 11 is 0. The first kappa shape index (κ1) is 13.8. The second-order valence-electron chi connectivity index (χ2n) is 5.73. The van der Waals surface area contributed by atoms with Crippen LogP contribution in [0.1, 0.15) is 59.3 Å². The lowest BCUT2D eigenvalue weighted by Crippen LogP contribution is -2.40. The summed E-state index contributed by atoms with van der Waals surface area (Å²) in [6.45, 7) is 5.99. The molecule has 0 bridgehead atoms. The van der Waals surface area contributed by atoms with E-state index in [1.807, 2.05) is 13.8 Å². The molecular formula is C14H24O4. The number of rotatable bonds is 3. The number of ether oxygens (including phenoxy) is 3. The van der Waals surface area contributed by atoms with Crippen molar-refractivity contribution >= 4 is 5.97 Å².